The number of nitrogens with zero attached hydrogens (tertiary/aromatic N) is 6. The summed E-state index contributed by atoms with van der Waals surface area (Å²) >= 11 is 1.59. The van der Waals surface area contributed by atoms with E-state index in [4.69, 9.17) is 4.98 Å². The highest BCUT2D eigenvalue weighted by atomic mass is 32.1. The Labute approximate surface area is 416 Å². The van der Waals surface area contributed by atoms with Crippen LogP contribution in [0.1, 0.15) is 127 Å². The van der Waals surface area contributed by atoms with Crippen molar-refractivity contribution in [2.75, 3.05) is 40.6 Å². The van der Waals surface area contributed by atoms with Gasteiger partial charge in [0, 0.05) is 50.4 Å². The molecule has 1 fully saturated rings. The molecule has 0 saturated carbocycles. The molecule has 2 aliphatic rings. The van der Waals surface area contributed by atoms with E-state index in [0.29, 0.717) is 35.9 Å². The summed E-state index contributed by atoms with van der Waals surface area (Å²) in [5, 5.41) is 23.6. The lowest BCUT2D eigenvalue weighted by molar-refractivity contribution is -0.144. The highest BCUT2D eigenvalue weighted by Gasteiger charge is 2.45. The minimum absolute atomic E-state index is 0.0288. The number of benzene rings is 3. The van der Waals surface area contributed by atoms with Crippen LogP contribution in [0.15, 0.2) is 84.5 Å². The van der Waals surface area contributed by atoms with Crippen LogP contribution in [0.25, 0.3) is 10.4 Å². The number of anilines is 6. The smallest absolute Gasteiger partial charge is 0.260 e. The van der Waals surface area contributed by atoms with Crippen LogP contribution in [0.2, 0.25) is 0 Å². The summed E-state index contributed by atoms with van der Waals surface area (Å²) in [5.74, 6) is 0.144. The summed E-state index contributed by atoms with van der Waals surface area (Å²) in [5.41, 5.74) is 8.15. The monoisotopic (exact) mass is 971 g/mol. The molecule has 1 saturated heterocycles. The Morgan fingerprint density at radius 1 is 0.871 bits per heavy atom. The number of β-amino-alcohol motifs (C(OH)–C–C–N with tert-alkyl or cyclic N) is 1. The fourth-order valence-corrected chi connectivity index (χ4v) is 9.95. The fraction of sp³-hybridized carbons (Fsp3) is 0.463. The van der Waals surface area contributed by atoms with Crippen LogP contribution in [-0.4, -0.2) is 93.0 Å². The van der Waals surface area contributed by atoms with Crippen LogP contribution >= 0.6 is 11.3 Å². The number of fused-ring (bicyclic) bond motifs is 2. The molecule has 2 aromatic heterocycles. The van der Waals surface area contributed by atoms with E-state index in [2.05, 4.69) is 50.0 Å². The van der Waals surface area contributed by atoms with Crippen LogP contribution < -0.4 is 31.1 Å². The molecule has 0 spiro atoms. The minimum Gasteiger partial charge on any atom is -0.391 e. The number of aryl methyl sites for hydroxylation is 1. The van der Waals surface area contributed by atoms with Crippen molar-refractivity contribution in [1.82, 2.24) is 30.5 Å². The number of unbranched alkanes of at least 4 members (excludes halogenated alkanes) is 5. The highest BCUT2D eigenvalue weighted by molar-refractivity contribution is 7.13. The third-order valence-corrected chi connectivity index (χ3v) is 14.4. The molecule has 1 unspecified atom stereocenters. The number of hydrogen-bond donors (Lipinski definition) is 5. The van der Waals surface area contributed by atoms with Crippen molar-refractivity contribution in [3.05, 3.63) is 101 Å². The number of thiazole rings is 1. The number of carbonyl (C=O) groups excluding carboxylic acids is 4. The summed E-state index contributed by atoms with van der Waals surface area (Å²) < 4.78 is 0. The second-order valence-electron chi connectivity index (χ2n) is 19.8. The summed E-state index contributed by atoms with van der Waals surface area (Å²) in [6.45, 7) is 14.7. The maximum absolute atomic E-state index is 14.1. The normalized spacial score (nSPS) is 17.0. The lowest BCUT2D eigenvalue weighted by Crippen LogP contribution is -2.57. The summed E-state index contributed by atoms with van der Waals surface area (Å²) in [4.78, 5) is 74.6. The van der Waals surface area contributed by atoms with Crippen molar-refractivity contribution in [3.63, 3.8) is 0 Å². The van der Waals surface area contributed by atoms with Crippen molar-refractivity contribution in [3.8, 4) is 10.4 Å². The molecule has 15 nitrogen and oxygen atoms in total. The fourth-order valence-electron chi connectivity index (χ4n) is 9.14. The SMILES string of the molecule is CCC(C)N1c2ccccc2C(=O)N(C)c2cnc(Nc3ccc(NCCCCCCCCC(=O)N[C@H](C(=O)N4C[C@H](O)C[C@H]4C(=O)N[C@@H](C)c4ccc(-c5scnc5C)cc4)C(C)(C)C)cc3)nc21. The van der Waals surface area contributed by atoms with E-state index in [9.17, 15) is 24.3 Å². The Kier molecular flexibility index (Phi) is 16.9. The summed E-state index contributed by atoms with van der Waals surface area (Å²) in [6, 6.07) is 21.8. The van der Waals surface area contributed by atoms with E-state index in [1.165, 1.54) is 4.90 Å². The standard InChI is InChI=1S/C54H70N10O5S/c1-9-34(2)64-43-19-16-15-18-42(43)51(68)62(8)45-31-56-53(61-49(45)64)59-40-27-25-39(26-28-40)55-29-17-13-11-10-12-14-20-46(66)60-48(54(5,6)7)52(69)63-32-41(65)30-44(63)50(67)58-35(3)37-21-23-38(24-22-37)47-36(4)57-33-70-47/h15-16,18-19,21-28,31,33-35,41,44,48,55,65H,9-14,17,20,29-30,32H2,1-8H3,(H,58,67)(H,60,66)(H,56,59,61)/t34?,35-,41+,44-,48+/m0/s1. The summed E-state index contributed by atoms with van der Waals surface area (Å²) in [6.07, 6.45) is 7.91. The average molecular weight is 971 g/mol. The van der Waals surface area contributed by atoms with Crippen molar-refractivity contribution in [1.29, 1.82) is 0 Å². The van der Waals surface area contributed by atoms with Crippen LogP contribution in [-0.2, 0) is 14.4 Å². The van der Waals surface area contributed by atoms with E-state index in [-0.39, 0.29) is 48.7 Å². The number of hydrogen-bond acceptors (Lipinski definition) is 12. The first-order valence-electron chi connectivity index (χ1n) is 24.8. The third kappa shape index (κ3) is 12.3. The van der Waals surface area contributed by atoms with Crippen LogP contribution in [0.3, 0.4) is 0 Å². The molecule has 2 aliphatic heterocycles. The first kappa shape index (κ1) is 51.5. The van der Waals surface area contributed by atoms with E-state index >= 15 is 0 Å². The molecule has 5 aromatic rings. The van der Waals surface area contributed by atoms with E-state index in [1.54, 1.807) is 29.5 Å². The third-order valence-electron chi connectivity index (χ3n) is 13.4. The molecule has 4 heterocycles. The molecule has 3 aromatic carbocycles. The average Bonchev–Trinajstić information content (AvgIpc) is 3.95. The molecule has 0 aliphatic carbocycles. The maximum atomic E-state index is 14.1. The van der Waals surface area contributed by atoms with Gasteiger partial charge in [-0.2, -0.15) is 4.98 Å². The van der Waals surface area contributed by atoms with Gasteiger partial charge < -0.3 is 41.1 Å². The molecule has 0 radical (unpaired) electrons. The topological polar surface area (TPSA) is 185 Å². The predicted octanol–water partition coefficient (Wildman–Crippen LogP) is 9.69. The zero-order valence-electron chi connectivity index (χ0n) is 41.9. The Hall–Kier alpha value is -6.39. The number of aliphatic hydroxyl groups is 1. The minimum atomic E-state index is -0.856. The maximum Gasteiger partial charge on any atom is 0.260 e. The molecule has 5 N–H and O–H groups in total. The van der Waals surface area contributed by atoms with Crippen LogP contribution in [0.5, 0.6) is 0 Å². The molecule has 7 rings (SSSR count). The van der Waals surface area contributed by atoms with Gasteiger partial charge in [0.05, 0.1) is 45.7 Å². The number of amides is 4. The number of rotatable bonds is 20. The zero-order chi connectivity index (χ0) is 50.1. The molecule has 16 heteroatoms. The predicted molar refractivity (Wildman–Crippen MR) is 280 cm³/mol. The first-order valence-corrected chi connectivity index (χ1v) is 25.6. The second kappa shape index (κ2) is 23.0. The van der Waals surface area contributed by atoms with Gasteiger partial charge in [-0.05, 0) is 93.0 Å². The van der Waals surface area contributed by atoms with Gasteiger partial charge in [0.2, 0.25) is 23.7 Å². The quantitative estimate of drug-likeness (QED) is 0.0468. The number of nitrogens with one attached hydrogen (secondary N) is 4. The molecular formula is C54H70N10O5S. The number of aromatic nitrogens is 3. The van der Waals surface area contributed by atoms with Crippen molar-refractivity contribution >= 4 is 69.5 Å². The lowest BCUT2D eigenvalue weighted by atomic mass is 9.85. The van der Waals surface area contributed by atoms with Crippen molar-refractivity contribution in [2.24, 2.45) is 5.41 Å². The molecule has 4 amide bonds. The van der Waals surface area contributed by atoms with Crippen molar-refractivity contribution < 1.29 is 24.3 Å². The van der Waals surface area contributed by atoms with E-state index < -0.39 is 23.6 Å². The Morgan fingerprint density at radius 3 is 2.24 bits per heavy atom. The van der Waals surface area contributed by atoms with E-state index in [1.807, 2.05) is 113 Å². The van der Waals surface area contributed by atoms with E-state index in [0.717, 1.165) is 83.8 Å². The van der Waals surface area contributed by atoms with Gasteiger partial charge in [-0.25, -0.2) is 9.97 Å². The number of para-hydroxylation sites is 1. The van der Waals surface area contributed by atoms with Crippen LogP contribution in [0, 0.1) is 12.3 Å². The van der Waals surface area contributed by atoms with Gasteiger partial charge >= 0.3 is 0 Å². The molecule has 70 heavy (non-hydrogen) atoms. The molecule has 372 valence electrons. The Bertz CT molecular complexity index is 2600. The Balaban J connectivity index is 0.812. The second-order valence-corrected chi connectivity index (χ2v) is 20.6. The van der Waals surface area contributed by atoms with Gasteiger partial charge in [0.15, 0.2) is 5.82 Å². The number of aliphatic hydroxyl groups excluding tert-OH is 1. The van der Waals surface area contributed by atoms with Gasteiger partial charge in [0.1, 0.15) is 17.8 Å². The largest absolute Gasteiger partial charge is 0.391 e. The number of carbonyl (C=O) groups is 4. The highest BCUT2D eigenvalue weighted by Crippen LogP contribution is 2.41. The van der Waals surface area contributed by atoms with Crippen LogP contribution in [0.4, 0.5) is 34.5 Å². The molecule has 5 atom stereocenters. The van der Waals surface area contributed by atoms with Gasteiger partial charge in [-0.1, -0.05) is 89.8 Å². The van der Waals surface area contributed by atoms with Gasteiger partial charge in [-0.15, -0.1) is 11.3 Å². The molecular weight excluding hydrogens is 901 g/mol. The number of likely N-dealkylation sites (tertiary alicyclic amines) is 1. The first-order chi connectivity index (χ1) is 33.5. The lowest BCUT2D eigenvalue weighted by Gasteiger charge is -2.35. The Morgan fingerprint density at radius 2 is 1.56 bits per heavy atom. The summed E-state index contributed by atoms with van der Waals surface area (Å²) in [7, 11) is 1.76. The molecule has 0 bridgehead atoms. The zero-order valence-corrected chi connectivity index (χ0v) is 42.7. The van der Waals surface area contributed by atoms with Crippen molar-refractivity contribution in [2.45, 2.75) is 137 Å². The van der Waals surface area contributed by atoms with Gasteiger partial charge in [-0.3, -0.25) is 19.2 Å². The van der Waals surface area contributed by atoms with Gasteiger partial charge in [0.25, 0.3) is 5.91 Å².